The van der Waals surface area contributed by atoms with Crippen molar-refractivity contribution in [2.75, 3.05) is 19.6 Å². The smallest absolute Gasteiger partial charge is 0.355 e. The van der Waals surface area contributed by atoms with Gasteiger partial charge in [-0.05, 0) is 32.7 Å². The van der Waals surface area contributed by atoms with Crippen molar-refractivity contribution in [3.05, 3.63) is 0 Å². The van der Waals surface area contributed by atoms with E-state index in [9.17, 15) is 18.0 Å². The molecule has 2 atom stereocenters. The summed E-state index contributed by atoms with van der Waals surface area (Å²) in [6.45, 7) is 4.67. The van der Waals surface area contributed by atoms with Crippen LogP contribution in [0.1, 0.15) is 33.1 Å². The largest absolute Gasteiger partial charge is 0.393 e. The first kappa shape index (κ1) is 15.3. The molecule has 1 amide bonds. The number of hydrogen-bond donors (Lipinski definition) is 1. The topological polar surface area (TPSA) is 32.3 Å². The summed E-state index contributed by atoms with van der Waals surface area (Å²) < 4.78 is 38.0. The summed E-state index contributed by atoms with van der Waals surface area (Å²) in [5, 5.41) is 2.72. The van der Waals surface area contributed by atoms with E-state index >= 15 is 0 Å². The summed E-state index contributed by atoms with van der Waals surface area (Å²) in [7, 11) is 0. The Bertz CT molecular complexity index is 281. The van der Waals surface area contributed by atoms with Crippen LogP contribution < -0.4 is 5.32 Å². The predicted octanol–water partition coefficient (Wildman–Crippen LogP) is 2.18. The molecule has 18 heavy (non-hydrogen) atoms. The second kappa shape index (κ2) is 6.41. The van der Waals surface area contributed by atoms with Gasteiger partial charge >= 0.3 is 6.18 Å². The van der Waals surface area contributed by atoms with E-state index in [0.29, 0.717) is 19.5 Å². The Kier molecular flexibility index (Phi) is 5.44. The molecular formula is C12H21F3N2O. The molecule has 6 heteroatoms. The third kappa shape index (κ3) is 4.15. The van der Waals surface area contributed by atoms with Crippen LogP contribution in [0.4, 0.5) is 13.2 Å². The first-order valence-electron chi connectivity index (χ1n) is 6.44. The lowest BCUT2D eigenvalue weighted by molar-refractivity contribution is -0.188. The molecule has 0 radical (unpaired) electrons. The van der Waals surface area contributed by atoms with Crippen molar-refractivity contribution in [3.63, 3.8) is 0 Å². The van der Waals surface area contributed by atoms with Crippen molar-refractivity contribution in [2.24, 2.45) is 5.92 Å². The van der Waals surface area contributed by atoms with Gasteiger partial charge < -0.3 is 5.32 Å². The molecule has 1 aliphatic rings. The summed E-state index contributed by atoms with van der Waals surface area (Å²) in [4.78, 5) is 13.4. The van der Waals surface area contributed by atoms with E-state index < -0.39 is 18.1 Å². The van der Waals surface area contributed by atoms with E-state index in [0.717, 1.165) is 6.42 Å². The van der Waals surface area contributed by atoms with E-state index in [-0.39, 0.29) is 18.9 Å². The van der Waals surface area contributed by atoms with Crippen LogP contribution in [0.15, 0.2) is 0 Å². The van der Waals surface area contributed by atoms with Crippen molar-refractivity contribution in [1.29, 1.82) is 0 Å². The van der Waals surface area contributed by atoms with E-state index in [2.05, 4.69) is 5.32 Å². The Morgan fingerprint density at radius 1 is 1.50 bits per heavy atom. The fourth-order valence-corrected chi connectivity index (χ4v) is 2.19. The lowest BCUT2D eigenvalue weighted by atomic mass is 9.96. The van der Waals surface area contributed by atoms with E-state index in [1.54, 1.807) is 11.8 Å². The van der Waals surface area contributed by atoms with Gasteiger partial charge in [-0.3, -0.25) is 9.69 Å². The molecule has 0 aromatic rings. The minimum absolute atomic E-state index is 0.0653. The van der Waals surface area contributed by atoms with Crippen LogP contribution >= 0.6 is 0 Å². The number of nitrogens with zero attached hydrogens (tertiary/aromatic N) is 1. The Balaban J connectivity index is 2.53. The maximum atomic E-state index is 12.7. The molecule has 106 valence electrons. The number of amides is 1. The first-order chi connectivity index (χ1) is 8.36. The van der Waals surface area contributed by atoms with Crippen molar-refractivity contribution in [2.45, 2.75) is 45.3 Å². The van der Waals surface area contributed by atoms with Crippen LogP contribution in [0, 0.1) is 5.92 Å². The monoisotopic (exact) mass is 266 g/mol. The van der Waals surface area contributed by atoms with Crippen molar-refractivity contribution in [1.82, 2.24) is 10.2 Å². The van der Waals surface area contributed by atoms with Crippen molar-refractivity contribution < 1.29 is 18.0 Å². The number of likely N-dealkylation sites (tertiary alicyclic amines) is 1. The van der Waals surface area contributed by atoms with Gasteiger partial charge in [0.1, 0.15) is 0 Å². The highest BCUT2D eigenvalue weighted by Gasteiger charge is 2.43. The lowest BCUT2D eigenvalue weighted by Gasteiger charge is -2.36. The van der Waals surface area contributed by atoms with Gasteiger partial charge in [-0.2, -0.15) is 13.2 Å². The SMILES string of the molecule is CCCNC(=O)[C@@H](C)N1CCC[C@H](C(F)(F)F)C1. The van der Waals surface area contributed by atoms with Gasteiger partial charge in [0.05, 0.1) is 12.0 Å². The number of carbonyl (C=O) groups excluding carboxylic acids is 1. The molecule has 0 aromatic heterocycles. The van der Waals surface area contributed by atoms with E-state index in [1.807, 2.05) is 6.92 Å². The van der Waals surface area contributed by atoms with Gasteiger partial charge in [0.2, 0.25) is 5.91 Å². The molecule has 0 aliphatic carbocycles. The van der Waals surface area contributed by atoms with Gasteiger partial charge in [0.15, 0.2) is 0 Å². The van der Waals surface area contributed by atoms with Crippen LogP contribution in [0.2, 0.25) is 0 Å². The summed E-state index contributed by atoms with van der Waals surface area (Å²) in [6, 6.07) is -0.485. The van der Waals surface area contributed by atoms with Gasteiger partial charge in [-0.25, -0.2) is 0 Å². The molecule has 1 saturated heterocycles. The zero-order valence-corrected chi connectivity index (χ0v) is 10.9. The number of carbonyl (C=O) groups is 1. The number of nitrogens with one attached hydrogen (secondary N) is 1. The standard InChI is InChI=1S/C12H21F3N2O/c1-3-6-16-11(18)9(2)17-7-4-5-10(8-17)12(13,14)15/h9-10H,3-8H2,1-2H3,(H,16,18)/t9-,10+/m1/s1. The average Bonchev–Trinajstić information content (AvgIpc) is 2.34. The zero-order chi connectivity index (χ0) is 13.8. The molecular weight excluding hydrogens is 245 g/mol. The quantitative estimate of drug-likeness (QED) is 0.846. The molecule has 0 spiro atoms. The highest BCUT2D eigenvalue weighted by atomic mass is 19.4. The van der Waals surface area contributed by atoms with Gasteiger partial charge in [0.25, 0.3) is 0 Å². The summed E-state index contributed by atoms with van der Waals surface area (Å²) in [5.41, 5.74) is 0. The molecule has 1 aliphatic heterocycles. The predicted molar refractivity (Wildman–Crippen MR) is 63.1 cm³/mol. The normalized spacial score (nSPS) is 23.7. The zero-order valence-electron chi connectivity index (χ0n) is 10.9. The Morgan fingerprint density at radius 2 is 2.17 bits per heavy atom. The lowest BCUT2D eigenvalue weighted by Crippen LogP contribution is -2.51. The second-order valence-electron chi connectivity index (χ2n) is 4.84. The fraction of sp³-hybridized carbons (Fsp3) is 0.917. The Morgan fingerprint density at radius 3 is 2.72 bits per heavy atom. The molecule has 1 rings (SSSR count). The maximum absolute atomic E-state index is 12.7. The minimum Gasteiger partial charge on any atom is -0.355 e. The molecule has 3 nitrogen and oxygen atoms in total. The molecule has 1 heterocycles. The minimum atomic E-state index is -4.15. The summed E-state index contributed by atoms with van der Waals surface area (Å²) in [5.74, 6) is -1.48. The van der Waals surface area contributed by atoms with Crippen LogP contribution in [0.25, 0.3) is 0 Å². The fourth-order valence-electron chi connectivity index (χ4n) is 2.19. The van der Waals surface area contributed by atoms with Gasteiger partial charge in [-0.15, -0.1) is 0 Å². The highest BCUT2D eigenvalue weighted by molar-refractivity contribution is 5.81. The van der Waals surface area contributed by atoms with Crippen molar-refractivity contribution in [3.8, 4) is 0 Å². The maximum Gasteiger partial charge on any atom is 0.393 e. The Labute approximate surface area is 106 Å². The van der Waals surface area contributed by atoms with Crippen LogP contribution in [-0.2, 0) is 4.79 Å². The number of alkyl halides is 3. The molecule has 0 aromatic carbocycles. The molecule has 0 unspecified atom stereocenters. The summed E-state index contributed by atoms with van der Waals surface area (Å²) in [6.07, 6.45) is -2.67. The molecule has 1 N–H and O–H groups in total. The number of piperidine rings is 1. The third-order valence-electron chi connectivity index (χ3n) is 3.39. The molecule has 0 bridgehead atoms. The van der Waals surface area contributed by atoms with Gasteiger partial charge in [0, 0.05) is 13.1 Å². The van der Waals surface area contributed by atoms with Gasteiger partial charge in [-0.1, -0.05) is 6.92 Å². The van der Waals surface area contributed by atoms with E-state index in [4.69, 9.17) is 0 Å². The summed E-state index contributed by atoms with van der Waals surface area (Å²) >= 11 is 0. The second-order valence-corrected chi connectivity index (χ2v) is 4.84. The highest BCUT2D eigenvalue weighted by Crippen LogP contribution is 2.33. The third-order valence-corrected chi connectivity index (χ3v) is 3.39. The van der Waals surface area contributed by atoms with Crippen LogP contribution in [-0.4, -0.2) is 42.7 Å². The van der Waals surface area contributed by atoms with E-state index in [1.165, 1.54) is 0 Å². The number of rotatable bonds is 4. The number of halogens is 3. The molecule has 0 saturated carbocycles. The Hall–Kier alpha value is -0.780. The number of hydrogen-bond acceptors (Lipinski definition) is 2. The first-order valence-corrected chi connectivity index (χ1v) is 6.44. The van der Waals surface area contributed by atoms with Crippen LogP contribution in [0.5, 0.6) is 0 Å². The average molecular weight is 266 g/mol. The van der Waals surface area contributed by atoms with Crippen molar-refractivity contribution >= 4 is 5.91 Å². The van der Waals surface area contributed by atoms with Crippen LogP contribution in [0.3, 0.4) is 0 Å². The molecule has 1 fully saturated rings.